The lowest BCUT2D eigenvalue weighted by molar-refractivity contribution is -0.0587. The van der Waals surface area contributed by atoms with Gasteiger partial charge in [-0.2, -0.15) is 0 Å². The molecule has 0 spiro atoms. The summed E-state index contributed by atoms with van der Waals surface area (Å²) < 4.78 is 5.87. The Bertz CT molecular complexity index is 502. The van der Waals surface area contributed by atoms with Gasteiger partial charge in [-0.3, -0.25) is 0 Å². The lowest BCUT2D eigenvalue weighted by Crippen LogP contribution is -2.45. The third kappa shape index (κ3) is 2.43. The van der Waals surface area contributed by atoms with Crippen LogP contribution >= 0.6 is 0 Å². The Kier molecular flexibility index (Phi) is 3.61. The van der Waals surface area contributed by atoms with Crippen LogP contribution in [-0.2, 0) is 4.74 Å². The number of hydrogen-bond acceptors (Lipinski definition) is 3. The fourth-order valence-electron chi connectivity index (χ4n) is 5.04. The second kappa shape index (κ2) is 5.38. The van der Waals surface area contributed by atoms with E-state index >= 15 is 0 Å². The number of rotatable bonds is 3. The second-order valence-electron chi connectivity index (χ2n) is 7.90. The third-order valence-electron chi connectivity index (χ3n) is 6.26. The van der Waals surface area contributed by atoms with Crippen molar-refractivity contribution in [1.82, 2.24) is 9.80 Å². The first-order chi connectivity index (χ1) is 10.6. The van der Waals surface area contributed by atoms with Gasteiger partial charge in [0.2, 0.25) is 0 Å². The summed E-state index contributed by atoms with van der Waals surface area (Å²) in [6.45, 7) is 12.7. The summed E-state index contributed by atoms with van der Waals surface area (Å²) in [5, 5.41) is 0. The summed E-state index contributed by atoms with van der Waals surface area (Å²) in [5.74, 6) is 0.956. The van der Waals surface area contributed by atoms with Gasteiger partial charge >= 0.3 is 0 Å². The van der Waals surface area contributed by atoms with E-state index in [-0.39, 0.29) is 0 Å². The van der Waals surface area contributed by atoms with Gasteiger partial charge in [-0.25, -0.2) is 0 Å². The smallest absolute Gasteiger partial charge is 0.0726 e. The minimum Gasteiger partial charge on any atom is -0.372 e. The summed E-state index contributed by atoms with van der Waals surface area (Å²) in [7, 11) is 0. The van der Waals surface area contributed by atoms with E-state index in [9.17, 15) is 0 Å². The summed E-state index contributed by atoms with van der Waals surface area (Å²) in [6, 6.07) is 0. The lowest BCUT2D eigenvalue weighted by atomic mass is 9.87. The maximum absolute atomic E-state index is 5.87. The van der Waals surface area contributed by atoms with Gasteiger partial charge in [0.1, 0.15) is 0 Å². The number of morpholine rings is 1. The van der Waals surface area contributed by atoms with Crippen LogP contribution in [0.2, 0.25) is 0 Å². The van der Waals surface area contributed by atoms with Crippen LogP contribution in [-0.4, -0.2) is 54.7 Å². The van der Waals surface area contributed by atoms with E-state index < -0.39 is 0 Å². The molecule has 3 fully saturated rings. The van der Waals surface area contributed by atoms with E-state index in [1.807, 2.05) is 0 Å². The number of nitrogens with zero attached hydrogens (tertiary/aromatic N) is 2. The van der Waals surface area contributed by atoms with Crippen LogP contribution in [0, 0.1) is 11.3 Å². The van der Waals surface area contributed by atoms with Crippen LogP contribution in [0.15, 0.2) is 23.4 Å². The highest BCUT2D eigenvalue weighted by molar-refractivity contribution is 5.36. The van der Waals surface area contributed by atoms with Crippen molar-refractivity contribution in [2.24, 2.45) is 11.3 Å². The van der Waals surface area contributed by atoms with E-state index in [1.165, 1.54) is 44.6 Å². The molecule has 4 unspecified atom stereocenters. The Balaban J connectivity index is 1.46. The largest absolute Gasteiger partial charge is 0.372 e. The molecule has 0 N–H and O–H groups in total. The second-order valence-corrected chi connectivity index (χ2v) is 7.90. The Labute approximate surface area is 135 Å². The van der Waals surface area contributed by atoms with Crippen LogP contribution in [0.1, 0.15) is 40.0 Å². The first kappa shape index (κ1) is 14.8. The fourth-order valence-corrected chi connectivity index (χ4v) is 5.04. The van der Waals surface area contributed by atoms with Crippen molar-refractivity contribution in [3.05, 3.63) is 23.4 Å². The predicted molar refractivity (Wildman–Crippen MR) is 89.6 cm³/mol. The third-order valence-corrected chi connectivity index (χ3v) is 6.26. The van der Waals surface area contributed by atoms with Gasteiger partial charge in [0, 0.05) is 37.3 Å². The van der Waals surface area contributed by atoms with Crippen molar-refractivity contribution < 1.29 is 4.74 Å². The zero-order valence-electron chi connectivity index (χ0n) is 14.3. The average Bonchev–Trinajstić information content (AvgIpc) is 3.08. The van der Waals surface area contributed by atoms with Crippen molar-refractivity contribution in [3.8, 4) is 0 Å². The Morgan fingerprint density at radius 2 is 1.91 bits per heavy atom. The predicted octanol–water partition coefficient (Wildman–Crippen LogP) is 3.04. The Morgan fingerprint density at radius 1 is 1.14 bits per heavy atom. The highest BCUT2D eigenvalue weighted by Gasteiger charge is 2.60. The molecule has 1 saturated carbocycles. The molecule has 2 heterocycles. The molecular formula is C19H30N2O. The average molecular weight is 302 g/mol. The van der Waals surface area contributed by atoms with E-state index in [2.05, 4.69) is 42.7 Å². The Hall–Kier alpha value is -0.800. The molecule has 2 saturated heterocycles. The number of piperidine rings is 1. The molecule has 4 rings (SSSR count). The van der Waals surface area contributed by atoms with Crippen LogP contribution in [0.5, 0.6) is 0 Å². The molecule has 4 aliphatic rings. The minimum atomic E-state index is 0.356. The van der Waals surface area contributed by atoms with E-state index in [0.29, 0.717) is 17.6 Å². The molecule has 0 aromatic rings. The standard InChI is InChI=1S/C19H30N2O/c1-4-20-12-17-9-19(17,13-20)16-5-7-18(8-6-16)21-10-14(2)22-15(3)11-21/h5,7,14-15,17H,4,6,8-13H2,1-3H3. The molecule has 0 aromatic heterocycles. The zero-order valence-corrected chi connectivity index (χ0v) is 14.3. The molecule has 0 radical (unpaired) electrons. The van der Waals surface area contributed by atoms with Gasteiger partial charge < -0.3 is 14.5 Å². The first-order valence-corrected chi connectivity index (χ1v) is 9.13. The van der Waals surface area contributed by atoms with Crippen molar-refractivity contribution in [3.63, 3.8) is 0 Å². The lowest BCUT2D eigenvalue weighted by Gasteiger charge is -2.39. The summed E-state index contributed by atoms with van der Waals surface area (Å²) >= 11 is 0. The van der Waals surface area contributed by atoms with Crippen molar-refractivity contribution >= 4 is 0 Å². The van der Waals surface area contributed by atoms with Crippen LogP contribution in [0.25, 0.3) is 0 Å². The van der Waals surface area contributed by atoms with Gasteiger partial charge in [-0.05, 0) is 51.6 Å². The number of hydrogen-bond donors (Lipinski definition) is 0. The minimum absolute atomic E-state index is 0.356. The van der Waals surface area contributed by atoms with Crippen LogP contribution in [0.4, 0.5) is 0 Å². The number of likely N-dealkylation sites (tertiary alicyclic amines) is 1. The van der Waals surface area contributed by atoms with Gasteiger partial charge in [-0.1, -0.05) is 18.6 Å². The molecule has 3 heteroatoms. The fraction of sp³-hybridized carbons (Fsp3) is 0.789. The van der Waals surface area contributed by atoms with Crippen molar-refractivity contribution in [2.75, 3.05) is 32.7 Å². The van der Waals surface area contributed by atoms with Crippen LogP contribution in [0.3, 0.4) is 0 Å². The zero-order chi connectivity index (χ0) is 15.3. The SMILES string of the molecule is CCN1CC2CC2(C2=CC=C(N3CC(C)OC(C)C3)CC2)C1. The maximum Gasteiger partial charge on any atom is 0.0726 e. The molecule has 2 aliphatic heterocycles. The van der Waals surface area contributed by atoms with E-state index in [0.717, 1.165) is 19.0 Å². The number of ether oxygens (including phenoxy) is 1. The molecule has 22 heavy (non-hydrogen) atoms. The molecule has 2 aliphatic carbocycles. The monoisotopic (exact) mass is 302 g/mol. The summed E-state index contributed by atoms with van der Waals surface area (Å²) in [5.41, 5.74) is 3.85. The molecular weight excluding hydrogens is 272 g/mol. The van der Waals surface area contributed by atoms with Gasteiger partial charge in [0.05, 0.1) is 12.2 Å². The quantitative estimate of drug-likeness (QED) is 0.797. The van der Waals surface area contributed by atoms with E-state index in [4.69, 9.17) is 4.74 Å². The highest BCUT2D eigenvalue weighted by atomic mass is 16.5. The van der Waals surface area contributed by atoms with Crippen molar-refractivity contribution in [2.45, 2.75) is 52.2 Å². The van der Waals surface area contributed by atoms with E-state index in [1.54, 1.807) is 5.57 Å². The molecule has 0 aromatic carbocycles. The molecule has 3 nitrogen and oxygen atoms in total. The highest BCUT2D eigenvalue weighted by Crippen LogP contribution is 2.63. The molecule has 4 atom stereocenters. The molecule has 0 bridgehead atoms. The normalized spacial score (nSPS) is 42.0. The topological polar surface area (TPSA) is 15.7 Å². The van der Waals surface area contributed by atoms with Crippen molar-refractivity contribution in [1.29, 1.82) is 0 Å². The Morgan fingerprint density at radius 3 is 2.50 bits per heavy atom. The number of fused-ring (bicyclic) bond motifs is 1. The first-order valence-electron chi connectivity index (χ1n) is 9.13. The van der Waals surface area contributed by atoms with Gasteiger partial charge in [-0.15, -0.1) is 0 Å². The van der Waals surface area contributed by atoms with Crippen LogP contribution < -0.4 is 0 Å². The van der Waals surface area contributed by atoms with Gasteiger partial charge in [0.15, 0.2) is 0 Å². The number of allylic oxidation sites excluding steroid dienone is 3. The molecule has 122 valence electrons. The summed E-state index contributed by atoms with van der Waals surface area (Å²) in [4.78, 5) is 5.20. The maximum atomic E-state index is 5.87. The van der Waals surface area contributed by atoms with Gasteiger partial charge in [0.25, 0.3) is 0 Å². The summed E-state index contributed by atoms with van der Waals surface area (Å²) in [6.07, 6.45) is 9.56. The molecule has 0 amide bonds.